The number of rotatable bonds is 3. The second kappa shape index (κ2) is 5.43. The van der Waals surface area contributed by atoms with Gasteiger partial charge in [0.05, 0.1) is 16.7 Å². The van der Waals surface area contributed by atoms with Crippen molar-refractivity contribution >= 4 is 17.3 Å². The molecule has 7 heteroatoms. The van der Waals surface area contributed by atoms with Crippen molar-refractivity contribution in [1.29, 1.82) is 0 Å². The molecule has 0 radical (unpaired) electrons. The van der Waals surface area contributed by atoms with Gasteiger partial charge in [-0.25, -0.2) is 4.39 Å². The molecule has 0 spiro atoms. The predicted molar refractivity (Wildman–Crippen MR) is 70.0 cm³/mol. The molecule has 0 saturated carbocycles. The number of aromatic nitrogens is 1. The van der Waals surface area contributed by atoms with E-state index >= 15 is 0 Å². The van der Waals surface area contributed by atoms with Gasteiger partial charge in [-0.15, -0.1) is 0 Å². The lowest BCUT2D eigenvalue weighted by molar-refractivity contribution is -0.385. The number of halogens is 1. The minimum atomic E-state index is -0.733. The maximum atomic E-state index is 13.4. The predicted octanol–water partition coefficient (Wildman–Crippen LogP) is 2.69. The second-order valence-corrected chi connectivity index (χ2v) is 4.07. The van der Waals surface area contributed by atoms with Crippen LogP contribution in [0.2, 0.25) is 0 Å². The third kappa shape index (κ3) is 2.77. The van der Waals surface area contributed by atoms with Gasteiger partial charge in [-0.3, -0.25) is 19.9 Å². The fourth-order valence-electron chi connectivity index (χ4n) is 1.70. The number of carbonyl (C=O) groups excluding carboxylic acids is 1. The highest BCUT2D eigenvalue weighted by atomic mass is 19.1. The van der Waals surface area contributed by atoms with Crippen LogP contribution in [0.4, 0.5) is 15.8 Å². The van der Waals surface area contributed by atoms with Crippen LogP contribution in [0.15, 0.2) is 36.7 Å². The van der Waals surface area contributed by atoms with Crippen molar-refractivity contribution in [3.63, 3.8) is 0 Å². The van der Waals surface area contributed by atoms with Gasteiger partial charge in [0.2, 0.25) is 0 Å². The zero-order valence-electron chi connectivity index (χ0n) is 10.5. The number of nitro groups is 1. The van der Waals surface area contributed by atoms with E-state index in [0.29, 0.717) is 11.3 Å². The van der Waals surface area contributed by atoms with Crippen molar-refractivity contribution in [1.82, 2.24) is 4.98 Å². The van der Waals surface area contributed by atoms with E-state index in [1.807, 2.05) is 0 Å². The fourth-order valence-corrected chi connectivity index (χ4v) is 1.70. The lowest BCUT2D eigenvalue weighted by Gasteiger charge is -2.06. The van der Waals surface area contributed by atoms with Gasteiger partial charge in [0.1, 0.15) is 0 Å². The van der Waals surface area contributed by atoms with Crippen molar-refractivity contribution < 1.29 is 14.1 Å². The first-order valence-electron chi connectivity index (χ1n) is 5.65. The van der Waals surface area contributed by atoms with E-state index in [4.69, 9.17) is 0 Å². The van der Waals surface area contributed by atoms with Crippen LogP contribution in [0.5, 0.6) is 0 Å². The lowest BCUT2D eigenvalue weighted by Crippen LogP contribution is -2.14. The van der Waals surface area contributed by atoms with Crippen molar-refractivity contribution in [2.75, 3.05) is 5.32 Å². The number of amides is 1. The summed E-state index contributed by atoms with van der Waals surface area (Å²) < 4.78 is 13.4. The Hall–Kier alpha value is -2.83. The maximum Gasteiger partial charge on any atom is 0.272 e. The van der Waals surface area contributed by atoms with Gasteiger partial charge in [-0.2, -0.15) is 0 Å². The quantitative estimate of drug-likeness (QED) is 0.689. The summed E-state index contributed by atoms with van der Waals surface area (Å²) in [5.74, 6) is -1.37. The Kier molecular flexibility index (Phi) is 3.69. The molecule has 2 rings (SSSR count). The van der Waals surface area contributed by atoms with Gasteiger partial charge in [-0.05, 0) is 25.1 Å². The van der Waals surface area contributed by atoms with E-state index in [2.05, 4.69) is 10.3 Å². The van der Waals surface area contributed by atoms with Crippen molar-refractivity contribution in [3.8, 4) is 0 Å². The molecule has 0 aliphatic heterocycles. The standard InChI is InChI=1S/C13H10FN3O3/c1-8-6-9(2-3-12(8)17(19)20)16-13(18)10-4-5-15-7-11(10)14/h2-7H,1H3,(H,16,18). The van der Waals surface area contributed by atoms with Crippen LogP contribution in [0.3, 0.4) is 0 Å². The third-order valence-corrected chi connectivity index (χ3v) is 2.67. The molecule has 2 aromatic rings. The molecule has 0 unspecified atom stereocenters. The molecule has 1 aromatic carbocycles. The Labute approximate surface area is 113 Å². The molecule has 1 aromatic heterocycles. The van der Waals surface area contributed by atoms with Crippen molar-refractivity contribution in [3.05, 3.63) is 63.7 Å². The maximum absolute atomic E-state index is 13.4. The Morgan fingerprint density at radius 3 is 2.75 bits per heavy atom. The highest BCUT2D eigenvalue weighted by molar-refractivity contribution is 6.04. The van der Waals surface area contributed by atoms with Crippen LogP contribution in [0.1, 0.15) is 15.9 Å². The number of pyridine rings is 1. The molecule has 0 saturated heterocycles. The number of nitrogens with zero attached hydrogens (tertiary/aromatic N) is 2. The Balaban J connectivity index is 2.23. The average molecular weight is 275 g/mol. The summed E-state index contributed by atoms with van der Waals surface area (Å²) in [6, 6.07) is 5.38. The summed E-state index contributed by atoms with van der Waals surface area (Å²) in [6.07, 6.45) is 2.25. The van der Waals surface area contributed by atoms with Crippen LogP contribution in [0, 0.1) is 22.9 Å². The molecule has 1 N–H and O–H groups in total. The topological polar surface area (TPSA) is 85.1 Å². The molecule has 0 aliphatic carbocycles. The average Bonchev–Trinajstić information content (AvgIpc) is 2.38. The summed E-state index contributed by atoms with van der Waals surface area (Å²) >= 11 is 0. The third-order valence-electron chi connectivity index (χ3n) is 2.67. The van der Waals surface area contributed by atoms with E-state index in [0.717, 1.165) is 6.20 Å². The zero-order chi connectivity index (χ0) is 14.7. The molecule has 0 bridgehead atoms. The molecule has 1 amide bonds. The Bertz CT molecular complexity index is 688. The number of nitro benzene ring substituents is 1. The SMILES string of the molecule is Cc1cc(NC(=O)c2ccncc2F)ccc1[N+](=O)[O-]. The van der Waals surface area contributed by atoms with Gasteiger partial charge in [0, 0.05) is 23.5 Å². The van der Waals surface area contributed by atoms with Gasteiger partial charge < -0.3 is 5.32 Å². The highest BCUT2D eigenvalue weighted by Crippen LogP contribution is 2.22. The molecule has 0 aliphatic rings. The minimum absolute atomic E-state index is 0.0434. The number of benzene rings is 1. The summed E-state index contributed by atoms with van der Waals surface area (Å²) in [4.78, 5) is 25.6. The van der Waals surface area contributed by atoms with Crippen LogP contribution in [-0.4, -0.2) is 15.8 Å². The normalized spacial score (nSPS) is 10.1. The lowest BCUT2D eigenvalue weighted by atomic mass is 10.1. The first kappa shape index (κ1) is 13.6. The van der Waals surface area contributed by atoms with Crippen LogP contribution in [-0.2, 0) is 0 Å². The number of carbonyl (C=O) groups is 1. The van der Waals surface area contributed by atoms with E-state index in [1.165, 1.54) is 30.5 Å². The first-order valence-corrected chi connectivity index (χ1v) is 5.65. The molecular weight excluding hydrogens is 265 g/mol. The minimum Gasteiger partial charge on any atom is -0.322 e. The number of aryl methyl sites for hydroxylation is 1. The molecule has 1 heterocycles. The summed E-state index contributed by atoms with van der Waals surface area (Å²) in [6.45, 7) is 1.56. The molecular formula is C13H10FN3O3. The Morgan fingerprint density at radius 2 is 2.15 bits per heavy atom. The van der Waals surface area contributed by atoms with Crippen LogP contribution in [0.25, 0.3) is 0 Å². The number of anilines is 1. The Morgan fingerprint density at radius 1 is 1.40 bits per heavy atom. The van der Waals surface area contributed by atoms with Gasteiger partial charge >= 0.3 is 0 Å². The van der Waals surface area contributed by atoms with Gasteiger partial charge in [0.25, 0.3) is 11.6 Å². The summed E-state index contributed by atoms with van der Waals surface area (Å²) in [7, 11) is 0. The number of nitrogens with one attached hydrogen (secondary N) is 1. The first-order chi connectivity index (χ1) is 9.49. The van der Waals surface area contributed by atoms with E-state index in [1.54, 1.807) is 6.92 Å². The van der Waals surface area contributed by atoms with Gasteiger partial charge in [-0.1, -0.05) is 0 Å². The second-order valence-electron chi connectivity index (χ2n) is 4.07. The molecule has 0 atom stereocenters. The van der Waals surface area contributed by atoms with Crippen LogP contribution < -0.4 is 5.32 Å². The largest absolute Gasteiger partial charge is 0.322 e. The summed E-state index contributed by atoms with van der Waals surface area (Å²) in [5.41, 5.74) is 0.575. The monoisotopic (exact) mass is 275 g/mol. The van der Waals surface area contributed by atoms with E-state index in [9.17, 15) is 19.3 Å². The smallest absolute Gasteiger partial charge is 0.272 e. The van der Waals surface area contributed by atoms with Crippen molar-refractivity contribution in [2.45, 2.75) is 6.92 Å². The molecule has 0 fully saturated rings. The number of hydrogen-bond donors (Lipinski definition) is 1. The zero-order valence-corrected chi connectivity index (χ0v) is 10.5. The molecule has 102 valence electrons. The number of hydrogen-bond acceptors (Lipinski definition) is 4. The summed E-state index contributed by atoms with van der Waals surface area (Å²) in [5, 5.41) is 13.2. The fraction of sp³-hybridized carbons (Fsp3) is 0.0769. The highest BCUT2D eigenvalue weighted by Gasteiger charge is 2.14. The molecule has 6 nitrogen and oxygen atoms in total. The van der Waals surface area contributed by atoms with Crippen molar-refractivity contribution in [2.24, 2.45) is 0 Å². The molecule has 20 heavy (non-hydrogen) atoms. The van der Waals surface area contributed by atoms with E-state index < -0.39 is 16.6 Å². The van der Waals surface area contributed by atoms with E-state index in [-0.39, 0.29) is 11.3 Å². The van der Waals surface area contributed by atoms with Crippen LogP contribution >= 0.6 is 0 Å². The van der Waals surface area contributed by atoms with Gasteiger partial charge in [0.15, 0.2) is 5.82 Å².